The van der Waals surface area contributed by atoms with Crippen LogP contribution in [0.1, 0.15) is 52.9 Å². The summed E-state index contributed by atoms with van der Waals surface area (Å²) < 4.78 is 0. The average molecular weight is 226 g/mol. The van der Waals surface area contributed by atoms with E-state index in [1.165, 1.54) is 32.1 Å². The molecule has 16 heavy (non-hydrogen) atoms. The van der Waals surface area contributed by atoms with Crippen LogP contribution in [0.4, 0.5) is 0 Å². The Labute approximate surface area is 102 Å². The van der Waals surface area contributed by atoms with E-state index in [1.807, 2.05) is 0 Å². The van der Waals surface area contributed by atoms with Crippen LogP contribution in [0.3, 0.4) is 0 Å². The first-order chi connectivity index (χ1) is 7.60. The van der Waals surface area contributed by atoms with E-state index >= 15 is 0 Å². The SMILES string of the molecule is CCC1CCC(N(C)C(C)C(C)NC)CC1. The molecule has 0 spiro atoms. The number of nitrogens with zero attached hydrogens (tertiary/aromatic N) is 1. The Kier molecular flexibility index (Phi) is 5.77. The number of likely N-dealkylation sites (N-methyl/N-ethyl adjacent to an activating group) is 2. The molecule has 0 amide bonds. The Morgan fingerprint density at radius 3 is 2.19 bits per heavy atom. The fourth-order valence-corrected chi connectivity index (χ4v) is 2.89. The van der Waals surface area contributed by atoms with E-state index in [2.05, 4.69) is 45.1 Å². The summed E-state index contributed by atoms with van der Waals surface area (Å²) in [5, 5.41) is 3.36. The molecule has 0 saturated heterocycles. The van der Waals surface area contributed by atoms with Crippen LogP contribution in [0.2, 0.25) is 0 Å². The van der Waals surface area contributed by atoms with E-state index in [0.717, 1.165) is 12.0 Å². The maximum Gasteiger partial charge on any atom is 0.0218 e. The van der Waals surface area contributed by atoms with Crippen LogP contribution in [0.5, 0.6) is 0 Å². The molecule has 1 aliphatic carbocycles. The summed E-state index contributed by atoms with van der Waals surface area (Å²) in [5.41, 5.74) is 0. The molecule has 0 aromatic heterocycles. The fourth-order valence-electron chi connectivity index (χ4n) is 2.89. The predicted octanol–water partition coefficient (Wildman–Crippen LogP) is 2.88. The van der Waals surface area contributed by atoms with Gasteiger partial charge in [0.25, 0.3) is 0 Å². The highest BCUT2D eigenvalue weighted by Crippen LogP contribution is 2.29. The Balaban J connectivity index is 2.40. The summed E-state index contributed by atoms with van der Waals surface area (Å²) >= 11 is 0. The summed E-state index contributed by atoms with van der Waals surface area (Å²) in [6.07, 6.45) is 7.04. The van der Waals surface area contributed by atoms with Crippen molar-refractivity contribution in [2.75, 3.05) is 14.1 Å². The van der Waals surface area contributed by atoms with Crippen molar-refractivity contribution in [3.05, 3.63) is 0 Å². The zero-order chi connectivity index (χ0) is 12.1. The van der Waals surface area contributed by atoms with Gasteiger partial charge in [0.1, 0.15) is 0 Å². The quantitative estimate of drug-likeness (QED) is 0.775. The summed E-state index contributed by atoms with van der Waals surface area (Å²) in [4.78, 5) is 2.59. The minimum Gasteiger partial charge on any atom is -0.316 e. The summed E-state index contributed by atoms with van der Waals surface area (Å²) in [6, 6.07) is 2.02. The highest BCUT2D eigenvalue weighted by Gasteiger charge is 2.27. The second-order valence-electron chi connectivity index (χ2n) is 5.57. The molecule has 0 aromatic carbocycles. The number of nitrogens with one attached hydrogen (secondary N) is 1. The van der Waals surface area contributed by atoms with Crippen LogP contribution in [0.15, 0.2) is 0 Å². The zero-order valence-corrected chi connectivity index (χ0v) is 11.8. The van der Waals surface area contributed by atoms with E-state index in [0.29, 0.717) is 12.1 Å². The van der Waals surface area contributed by atoms with Crippen molar-refractivity contribution >= 4 is 0 Å². The monoisotopic (exact) mass is 226 g/mol. The van der Waals surface area contributed by atoms with Crippen molar-refractivity contribution in [3.63, 3.8) is 0 Å². The Morgan fingerprint density at radius 2 is 1.75 bits per heavy atom. The topological polar surface area (TPSA) is 15.3 Å². The van der Waals surface area contributed by atoms with Crippen molar-refractivity contribution in [1.82, 2.24) is 10.2 Å². The maximum absolute atomic E-state index is 3.36. The molecule has 0 bridgehead atoms. The number of hydrogen-bond acceptors (Lipinski definition) is 2. The summed E-state index contributed by atoms with van der Waals surface area (Å²) in [7, 11) is 4.36. The van der Waals surface area contributed by atoms with Crippen molar-refractivity contribution < 1.29 is 0 Å². The molecule has 0 heterocycles. The lowest BCUT2D eigenvalue weighted by Gasteiger charge is -2.39. The van der Waals surface area contributed by atoms with Crippen molar-refractivity contribution in [3.8, 4) is 0 Å². The van der Waals surface area contributed by atoms with Gasteiger partial charge in [-0.15, -0.1) is 0 Å². The van der Waals surface area contributed by atoms with Crippen LogP contribution in [0.25, 0.3) is 0 Å². The summed E-state index contributed by atoms with van der Waals surface area (Å²) in [5.74, 6) is 1.00. The largest absolute Gasteiger partial charge is 0.316 e. The molecule has 1 rings (SSSR count). The molecular formula is C14H30N2. The van der Waals surface area contributed by atoms with Crippen LogP contribution >= 0.6 is 0 Å². The molecule has 0 aromatic rings. The first kappa shape index (κ1) is 14.0. The van der Waals surface area contributed by atoms with E-state index in [4.69, 9.17) is 0 Å². The van der Waals surface area contributed by atoms with Gasteiger partial charge in [-0.05, 0) is 59.5 Å². The van der Waals surface area contributed by atoms with Gasteiger partial charge in [-0.3, -0.25) is 4.90 Å². The minimum atomic E-state index is 0.578. The smallest absolute Gasteiger partial charge is 0.0218 e. The van der Waals surface area contributed by atoms with Gasteiger partial charge in [0.2, 0.25) is 0 Å². The predicted molar refractivity (Wildman–Crippen MR) is 71.8 cm³/mol. The highest BCUT2D eigenvalue weighted by molar-refractivity contribution is 4.83. The van der Waals surface area contributed by atoms with E-state index in [1.54, 1.807) is 0 Å². The van der Waals surface area contributed by atoms with E-state index in [-0.39, 0.29) is 0 Å². The molecule has 2 unspecified atom stereocenters. The third-order valence-electron chi connectivity index (χ3n) is 4.79. The molecule has 96 valence electrons. The molecule has 1 aliphatic rings. The number of hydrogen-bond donors (Lipinski definition) is 1. The molecule has 2 nitrogen and oxygen atoms in total. The van der Waals surface area contributed by atoms with E-state index in [9.17, 15) is 0 Å². The van der Waals surface area contributed by atoms with Gasteiger partial charge >= 0.3 is 0 Å². The second-order valence-corrected chi connectivity index (χ2v) is 5.57. The van der Waals surface area contributed by atoms with Gasteiger partial charge in [-0.2, -0.15) is 0 Å². The Bertz CT molecular complexity index is 185. The Morgan fingerprint density at radius 1 is 1.19 bits per heavy atom. The van der Waals surface area contributed by atoms with E-state index < -0.39 is 0 Å². The second kappa shape index (κ2) is 6.61. The minimum absolute atomic E-state index is 0.578. The van der Waals surface area contributed by atoms with Gasteiger partial charge in [-0.1, -0.05) is 13.3 Å². The molecule has 0 radical (unpaired) electrons. The standard InChI is InChI=1S/C14H30N2/c1-6-13-7-9-14(10-8-13)16(5)12(3)11(2)15-4/h11-15H,6-10H2,1-5H3. The average Bonchev–Trinajstić information content (AvgIpc) is 2.36. The van der Waals surface area contributed by atoms with Gasteiger partial charge in [-0.25, -0.2) is 0 Å². The van der Waals surface area contributed by atoms with Crippen LogP contribution < -0.4 is 5.32 Å². The van der Waals surface area contributed by atoms with Gasteiger partial charge < -0.3 is 5.32 Å². The zero-order valence-electron chi connectivity index (χ0n) is 11.8. The molecule has 2 heteroatoms. The lowest BCUT2D eigenvalue weighted by molar-refractivity contribution is 0.110. The summed E-state index contributed by atoms with van der Waals surface area (Å²) in [6.45, 7) is 6.95. The lowest BCUT2D eigenvalue weighted by Crippen LogP contribution is -2.49. The number of rotatable bonds is 5. The molecule has 2 atom stereocenters. The third kappa shape index (κ3) is 3.46. The molecule has 0 aliphatic heterocycles. The fraction of sp³-hybridized carbons (Fsp3) is 1.00. The third-order valence-corrected chi connectivity index (χ3v) is 4.79. The van der Waals surface area contributed by atoms with Crippen molar-refractivity contribution in [2.24, 2.45) is 5.92 Å². The van der Waals surface area contributed by atoms with Gasteiger partial charge in [0.15, 0.2) is 0 Å². The molecule has 1 fully saturated rings. The van der Waals surface area contributed by atoms with Crippen molar-refractivity contribution in [1.29, 1.82) is 0 Å². The lowest BCUT2D eigenvalue weighted by atomic mass is 9.83. The van der Waals surface area contributed by atoms with Crippen LogP contribution in [-0.2, 0) is 0 Å². The maximum atomic E-state index is 3.36. The van der Waals surface area contributed by atoms with Crippen molar-refractivity contribution in [2.45, 2.75) is 71.0 Å². The first-order valence-corrected chi connectivity index (χ1v) is 6.99. The van der Waals surface area contributed by atoms with Crippen LogP contribution in [0, 0.1) is 5.92 Å². The first-order valence-electron chi connectivity index (χ1n) is 6.99. The van der Waals surface area contributed by atoms with Crippen LogP contribution in [-0.4, -0.2) is 37.1 Å². The highest BCUT2D eigenvalue weighted by atomic mass is 15.2. The molecule has 1 N–H and O–H groups in total. The van der Waals surface area contributed by atoms with Gasteiger partial charge in [0, 0.05) is 18.1 Å². The molecule has 1 saturated carbocycles. The Hall–Kier alpha value is -0.0800. The normalized spacial score (nSPS) is 30.4. The molecular weight excluding hydrogens is 196 g/mol. The van der Waals surface area contributed by atoms with Gasteiger partial charge in [0.05, 0.1) is 0 Å².